The molecule has 10 nitrogen and oxygen atoms in total. The second kappa shape index (κ2) is 15.7. The summed E-state index contributed by atoms with van der Waals surface area (Å²) in [7, 11) is 1.60. The number of hydrogen-bond donors (Lipinski definition) is 2. The number of aliphatic hydroxyl groups excluding tert-OH is 1. The minimum absolute atomic E-state index is 0.0447. The highest BCUT2D eigenvalue weighted by atomic mass is 16.5. The van der Waals surface area contributed by atoms with Crippen molar-refractivity contribution in [3.63, 3.8) is 0 Å². The summed E-state index contributed by atoms with van der Waals surface area (Å²) in [6.45, 7) is 4.47. The molecule has 1 aliphatic rings. The first-order valence-corrected chi connectivity index (χ1v) is 16.8. The lowest BCUT2D eigenvalue weighted by molar-refractivity contribution is -0.135. The number of ether oxygens (including phenoxy) is 2. The van der Waals surface area contributed by atoms with Crippen LogP contribution in [0.3, 0.4) is 0 Å². The van der Waals surface area contributed by atoms with E-state index in [4.69, 9.17) is 9.47 Å². The van der Waals surface area contributed by atoms with Gasteiger partial charge >= 0.3 is 5.69 Å². The Hall–Kier alpha value is -5.35. The van der Waals surface area contributed by atoms with E-state index in [9.17, 15) is 14.7 Å². The number of amides is 1. The van der Waals surface area contributed by atoms with Gasteiger partial charge in [-0.15, -0.1) is 0 Å². The Labute approximate surface area is 286 Å². The van der Waals surface area contributed by atoms with Crippen LogP contribution < -0.4 is 20.1 Å². The predicted octanol–water partition coefficient (Wildman–Crippen LogP) is 5.69. The monoisotopic (exact) mass is 661 g/mol. The van der Waals surface area contributed by atoms with E-state index in [2.05, 4.69) is 27.2 Å². The molecular weight excluding hydrogens is 618 g/mol. The van der Waals surface area contributed by atoms with E-state index in [-0.39, 0.29) is 36.6 Å². The summed E-state index contributed by atoms with van der Waals surface area (Å²) in [6, 6.07) is 31.7. The minimum Gasteiger partial charge on any atom is -0.496 e. The Morgan fingerprint density at radius 3 is 2.24 bits per heavy atom. The number of hydrogen-bond acceptors (Lipinski definition) is 7. The molecule has 49 heavy (non-hydrogen) atoms. The van der Waals surface area contributed by atoms with Gasteiger partial charge in [0.25, 0.3) is 0 Å². The van der Waals surface area contributed by atoms with Crippen LogP contribution >= 0.6 is 0 Å². The molecule has 4 aromatic carbocycles. The van der Waals surface area contributed by atoms with Crippen LogP contribution in [-0.4, -0.2) is 57.5 Å². The van der Waals surface area contributed by atoms with E-state index in [1.54, 1.807) is 7.11 Å². The van der Waals surface area contributed by atoms with Gasteiger partial charge < -0.3 is 24.4 Å². The van der Waals surface area contributed by atoms with Crippen LogP contribution in [0, 0.1) is 5.92 Å². The van der Waals surface area contributed by atoms with Crippen LogP contribution in [-0.2, 0) is 24.5 Å². The Bertz CT molecular complexity index is 1840. The molecule has 1 amide bonds. The molecule has 2 N–H and O–H groups in total. The maximum atomic E-state index is 15.0. The van der Waals surface area contributed by atoms with E-state index >= 15 is 0 Å². The van der Waals surface area contributed by atoms with Crippen LogP contribution in [0.2, 0.25) is 0 Å². The normalized spacial score (nSPS) is 14.0. The number of carbonyl (C=O) groups excluding carboxylic acids is 1. The molecule has 5 aromatic rings. The molecule has 254 valence electrons. The highest BCUT2D eigenvalue weighted by Crippen LogP contribution is 2.38. The standard InChI is InChI=1S/C39H43N5O5/c1-3-49-34-22-31(26-45)35(36(23-34)48-2)25-43(24-28-10-6-4-7-11-28)38(46)37(29-12-8-5-9-13-29)30-18-20-42(21-19-30)32-14-16-33(17-15-32)44-27-40-41-39(44)47/h4-17,22-23,27,30,37,45H,3,18-21,24-26H2,1-2H3,(H,41,47). The highest BCUT2D eigenvalue weighted by Gasteiger charge is 2.36. The third-order valence-corrected chi connectivity index (χ3v) is 9.33. The van der Waals surface area contributed by atoms with E-state index in [0.717, 1.165) is 54.0 Å². The average Bonchev–Trinajstić information content (AvgIpc) is 3.58. The molecule has 1 fully saturated rings. The topological polar surface area (TPSA) is 113 Å². The first-order valence-electron chi connectivity index (χ1n) is 16.8. The fourth-order valence-corrected chi connectivity index (χ4v) is 6.85. The maximum Gasteiger partial charge on any atom is 0.347 e. The van der Waals surface area contributed by atoms with Crippen molar-refractivity contribution >= 4 is 11.6 Å². The largest absolute Gasteiger partial charge is 0.496 e. The van der Waals surface area contributed by atoms with Gasteiger partial charge in [0.1, 0.15) is 17.8 Å². The summed E-state index contributed by atoms with van der Waals surface area (Å²) in [5.41, 5.74) is 5.00. The number of H-pyrrole nitrogens is 1. The van der Waals surface area contributed by atoms with Crippen molar-refractivity contribution in [3.05, 3.63) is 136 Å². The van der Waals surface area contributed by atoms with Crippen LogP contribution in [0.4, 0.5) is 5.69 Å². The van der Waals surface area contributed by atoms with Gasteiger partial charge in [-0.2, -0.15) is 5.10 Å². The summed E-state index contributed by atoms with van der Waals surface area (Å²) < 4.78 is 13.0. The third-order valence-electron chi connectivity index (χ3n) is 9.33. The number of piperidine rings is 1. The molecule has 0 spiro atoms. The molecule has 1 aromatic heterocycles. The fraction of sp³-hybridized carbons (Fsp3) is 0.308. The Morgan fingerprint density at radius 2 is 1.63 bits per heavy atom. The number of nitrogens with zero attached hydrogens (tertiary/aromatic N) is 4. The molecule has 0 bridgehead atoms. The Balaban J connectivity index is 1.28. The van der Waals surface area contributed by atoms with Gasteiger partial charge in [-0.05, 0) is 72.7 Å². The van der Waals surface area contributed by atoms with Crippen LogP contribution in [0.1, 0.15) is 47.9 Å². The molecule has 1 aliphatic heterocycles. The summed E-state index contributed by atoms with van der Waals surface area (Å²) in [6.07, 6.45) is 3.14. The van der Waals surface area contributed by atoms with Crippen molar-refractivity contribution in [1.82, 2.24) is 19.7 Å². The SMILES string of the molecule is CCOc1cc(CO)c(CN(Cc2ccccc2)C(=O)C(c2ccccc2)C2CCN(c3ccc(-n4cn[nH]c4=O)cc3)CC2)c(OC)c1. The van der Waals surface area contributed by atoms with E-state index < -0.39 is 0 Å². The highest BCUT2D eigenvalue weighted by molar-refractivity contribution is 5.84. The molecule has 0 saturated carbocycles. The zero-order valence-electron chi connectivity index (χ0n) is 28.0. The zero-order chi connectivity index (χ0) is 34.2. The molecule has 1 unspecified atom stereocenters. The van der Waals surface area contributed by atoms with E-state index in [0.29, 0.717) is 30.2 Å². The molecule has 0 radical (unpaired) electrons. The second-order valence-electron chi connectivity index (χ2n) is 12.3. The molecule has 6 rings (SSSR count). The predicted molar refractivity (Wildman–Crippen MR) is 189 cm³/mol. The fourth-order valence-electron chi connectivity index (χ4n) is 6.85. The van der Waals surface area contributed by atoms with E-state index in [1.165, 1.54) is 10.9 Å². The van der Waals surface area contributed by atoms with Crippen molar-refractivity contribution in [2.24, 2.45) is 5.92 Å². The number of methoxy groups -OCH3 is 1. The molecular formula is C39H43N5O5. The Kier molecular flexibility index (Phi) is 10.7. The van der Waals surface area contributed by atoms with Crippen molar-refractivity contribution < 1.29 is 19.4 Å². The molecule has 0 aliphatic carbocycles. The minimum atomic E-state index is -0.353. The van der Waals surface area contributed by atoms with Crippen LogP contribution in [0.15, 0.2) is 108 Å². The number of rotatable bonds is 13. The summed E-state index contributed by atoms with van der Waals surface area (Å²) >= 11 is 0. The van der Waals surface area contributed by atoms with Gasteiger partial charge in [0.15, 0.2) is 0 Å². The van der Waals surface area contributed by atoms with Gasteiger partial charge in [0.2, 0.25) is 5.91 Å². The average molecular weight is 662 g/mol. The van der Waals surface area contributed by atoms with Crippen LogP contribution in [0.25, 0.3) is 5.69 Å². The van der Waals surface area contributed by atoms with Crippen molar-refractivity contribution in [3.8, 4) is 17.2 Å². The van der Waals surface area contributed by atoms with Crippen molar-refractivity contribution in [2.45, 2.75) is 45.4 Å². The molecule has 1 saturated heterocycles. The molecule has 10 heteroatoms. The van der Waals surface area contributed by atoms with Gasteiger partial charge in [-0.3, -0.25) is 4.79 Å². The van der Waals surface area contributed by atoms with Crippen LogP contribution in [0.5, 0.6) is 11.5 Å². The summed E-state index contributed by atoms with van der Waals surface area (Å²) in [5.74, 6) is 1.01. The second-order valence-corrected chi connectivity index (χ2v) is 12.3. The number of benzene rings is 4. The number of nitrogens with one attached hydrogen (secondary N) is 1. The van der Waals surface area contributed by atoms with Crippen molar-refractivity contribution in [2.75, 3.05) is 31.7 Å². The lowest BCUT2D eigenvalue weighted by atomic mass is 9.79. The maximum absolute atomic E-state index is 15.0. The van der Waals surface area contributed by atoms with Crippen molar-refractivity contribution in [1.29, 1.82) is 0 Å². The lowest BCUT2D eigenvalue weighted by Crippen LogP contribution is -2.42. The summed E-state index contributed by atoms with van der Waals surface area (Å²) in [4.78, 5) is 31.3. The number of aromatic nitrogens is 3. The number of aromatic amines is 1. The molecule has 1 atom stereocenters. The lowest BCUT2D eigenvalue weighted by Gasteiger charge is -2.39. The third kappa shape index (κ3) is 7.70. The van der Waals surface area contributed by atoms with E-state index in [1.807, 2.05) is 96.8 Å². The van der Waals surface area contributed by atoms with Gasteiger partial charge in [-0.25, -0.2) is 14.5 Å². The Morgan fingerprint density at radius 1 is 0.959 bits per heavy atom. The molecule has 2 heterocycles. The smallest absolute Gasteiger partial charge is 0.347 e. The first kappa shape index (κ1) is 33.5. The number of carbonyl (C=O) groups is 1. The first-order chi connectivity index (χ1) is 24.0. The number of aliphatic hydroxyl groups is 1. The number of anilines is 1. The quantitative estimate of drug-likeness (QED) is 0.167. The summed E-state index contributed by atoms with van der Waals surface area (Å²) in [5, 5.41) is 16.7. The van der Waals surface area contributed by atoms with Gasteiger partial charge in [-0.1, -0.05) is 60.7 Å². The van der Waals surface area contributed by atoms with Gasteiger partial charge in [0, 0.05) is 37.0 Å². The van der Waals surface area contributed by atoms with Gasteiger partial charge in [0.05, 0.1) is 38.5 Å². The zero-order valence-corrected chi connectivity index (χ0v) is 28.0.